The van der Waals surface area contributed by atoms with Crippen molar-refractivity contribution in [1.82, 2.24) is 70.3 Å². The summed E-state index contributed by atoms with van der Waals surface area (Å²) in [5.41, 5.74) is 19.0. The molecule has 9 aromatic rings. The standard InChI is InChI=1S/C30H32N2O2.3C12H20N2.C11H18N2.C10H22N2.C10H16N2.C7H16N2.C6H12N2/c1-23-5-9-25(10-6-23)31(26-11-7-24(2)8-12-26)21-22-32(27-13-17-29(33-3)18-14-27)28-15-19-30(34-4)20-16-28;3*1-11-4-6-12(7-5-11)10-13-8-9-14(2)3;1-13(2)9-8-12-10-11-6-4-3-5-7-11;2*1-11(2)9-7-5-6-8-10(9)12(3)4;1-8-4-3-5-9(2)7-6-8;1-2-8-5-3-7(1)4-6-8/h5-20H,21-22H2,1-4H3;3*4-7,13H,8-10H2,1-3H3;3-7,12H,8-10H2,1-2H3;9-10H,5-8H2,1-4H3;5-8H,1-4H3;3-7H2,1-2H3;1-6H2. The molecule has 718 valence electrons. The highest BCUT2D eigenvalue weighted by Crippen LogP contribution is 2.32. The molecule has 0 aromatic heterocycles. The van der Waals surface area contributed by atoms with Gasteiger partial charge in [-0.2, -0.15) is 0 Å². The van der Waals surface area contributed by atoms with Crippen LogP contribution >= 0.6 is 0 Å². The Morgan fingerprint density at radius 1 is 0.277 bits per heavy atom. The van der Waals surface area contributed by atoms with Gasteiger partial charge in [-0.1, -0.05) is 180 Å². The summed E-state index contributed by atoms with van der Waals surface area (Å²) in [4.78, 5) is 32.3. The van der Waals surface area contributed by atoms with Crippen LogP contribution < -0.4 is 50.3 Å². The number of methoxy groups -OCH3 is 2. The van der Waals surface area contributed by atoms with Gasteiger partial charge in [0.2, 0.25) is 0 Å². The van der Waals surface area contributed by atoms with Crippen LogP contribution in [0.4, 0.5) is 34.1 Å². The highest BCUT2D eigenvalue weighted by molar-refractivity contribution is 5.70. The minimum Gasteiger partial charge on any atom is -0.497 e. The van der Waals surface area contributed by atoms with E-state index in [1.807, 2.05) is 30.3 Å². The maximum absolute atomic E-state index is 5.37. The molecule has 2 atom stereocenters. The van der Waals surface area contributed by atoms with Crippen LogP contribution in [0, 0.1) is 34.6 Å². The number of likely N-dealkylation sites (N-methyl/N-ethyl adjacent to an activating group) is 8. The second kappa shape index (κ2) is 64.9. The molecule has 4 N–H and O–H groups in total. The molecular weight excluding hydrogens is 1610 g/mol. The monoisotopic (exact) mass is 1780 g/mol. The molecule has 2 unspecified atom stereocenters. The molecule has 0 spiro atoms. The maximum Gasteiger partial charge on any atom is 0.119 e. The van der Waals surface area contributed by atoms with Crippen LogP contribution in [0.3, 0.4) is 0 Å². The van der Waals surface area contributed by atoms with Crippen LogP contribution in [0.25, 0.3) is 0 Å². The Morgan fingerprint density at radius 2 is 0.523 bits per heavy atom. The minimum atomic E-state index is 0.772. The van der Waals surface area contributed by atoms with Gasteiger partial charge in [-0.15, -0.1) is 0 Å². The fourth-order valence-electron chi connectivity index (χ4n) is 15.1. The number of para-hydroxylation sites is 2. The van der Waals surface area contributed by atoms with Gasteiger partial charge in [0.15, 0.2) is 0 Å². The average Bonchev–Trinajstić information content (AvgIpc) is 0.860. The molecule has 5 fully saturated rings. The van der Waals surface area contributed by atoms with E-state index in [1.165, 1.54) is 170 Å². The number of rotatable bonds is 33. The fraction of sp³-hybridized carbons (Fsp3) is 0.509. The lowest BCUT2D eigenvalue weighted by atomic mass is 9.89. The highest BCUT2D eigenvalue weighted by atomic mass is 16.5. The van der Waals surface area contributed by atoms with E-state index in [0.29, 0.717) is 0 Å². The zero-order chi connectivity index (χ0) is 95.0. The van der Waals surface area contributed by atoms with Crippen LogP contribution in [-0.4, -0.2) is 333 Å². The average molecular weight is 1780 g/mol. The van der Waals surface area contributed by atoms with E-state index in [-0.39, 0.29) is 0 Å². The van der Waals surface area contributed by atoms with Crippen molar-refractivity contribution in [2.75, 3.05) is 292 Å². The van der Waals surface area contributed by atoms with Crippen molar-refractivity contribution in [3.63, 3.8) is 0 Å². The smallest absolute Gasteiger partial charge is 0.119 e. The third-order valence-corrected chi connectivity index (χ3v) is 23.5. The van der Waals surface area contributed by atoms with Crippen molar-refractivity contribution in [3.05, 3.63) is 275 Å². The van der Waals surface area contributed by atoms with E-state index >= 15 is 0 Å². The largest absolute Gasteiger partial charge is 0.497 e. The predicted octanol–water partition coefficient (Wildman–Crippen LogP) is 16.7. The van der Waals surface area contributed by atoms with Gasteiger partial charge in [0.25, 0.3) is 0 Å². The molecule has 5 aliphatic rings. The molecule has 14 rings (SSSR count). The predicted molar refractivity (Wildman–Crippen MR) is 564 cm³/mol. The van der Waals surface area contributed by atoms with Crippen LogP contribution in [0.1, 0.15) is 82.2 Å². The summed E-state index contributed by atoms with van der Waals surface area (Å²) in [6.45, 7) is 37.5. The van der Waals surface area contributed by atoms with Crippen molar-refractivity contribution in [2.24, 2.45) is 0 Å². The lowest BCUT2D eigenvalue weighted by Crippen LogP contribution is -2.55. The Bertz CT molecular complexity index is 3950. The topological polar surface area (TPSA) is 112 Å². The molecule has 4 saturated heterocycles. The Hall–Kier alpha value is -8.78. The van der Waals surface area contributed by atoms with Gasteiger partial charge in [0.1, 0.15) is 11.5 Å². The van der Waals surface area contributed by atoms with E-state index in [9.17, 15) is 0 Å². The number of ether oxygens (including phenoxy) is 2. The zero-order valence-corrected chi connectivity index (χ0v) is 85.6. The van der Waals surface area contributed by atoms with E-state index in [1.54, 1.807) is 14.2 Å². The quantitative estimate of drug-likeness (QED) is 0.0293. The van der Waals surface area contributed by atoms with Gasteiger partial charge in [0, 0.05) is 207 Å². The minimum absolute atomic E-state index is 0.772. The molecule has 0 radical (unpaired) electrons. The Balaban J connectivity index is 0.000000270. The van der Waals surface area contributed by atoms with E-state index in [2.05, 4.69) is 445 Å². The van der Waals surface area contributed by atoms with E-state index in [0.717, 1.165) is 127 Å². The maximum atomic E-state index is 5.37. The van der Waals surface area contributed by atoms with Crippen LogP contribution in [0.15, 0.2) is 224 Å². The van der Waals surface area contributed by atoms with Crippen LogP contribution in [0.5, 0.6) is 11.5 Å². The first-order valence-corrected chi connectivity index (χ1v) is 47.6. The second-order valence-electron chi connectivity index (χ2n) is 37.0. The van der Waals surface area contributed by atoms with Crippen molar-refractivity contribution in [1.29, 1.82) is 0 Å². The summed E-state index contributed by atoms with van der Waals surface area (Å²) >= 11 is 0. The van der Waals surface area contributed by atoms with Gasteiger partial charge in [0.05, 0.1) is 25.6 Å². The summed E-state index contributed by atoms with van der Waals surface area (Å²) in [5, 5.41) is 13.6. The molecule has 4 aliphatic heterocycles. The van der Waals surface area contributed by atoms with Gasteiger partial charge in [-0.3, -0.25) is 9.80 Å². The molecule has 1 saturated carbocycles. The number of anilines is 6. The lowest BCUT2D eigenvalue weighted by Gasteiger charge is -2.41. The summed E-state index contributed by atoms with van der Waals surface area (Å²) < 4.78 is 10.7. The molecular formula is C110H176N18O2. The first kappa shape index (κ1) is 112. The molecule has 1 aliphatic carbocycles. The molecule has 2 bridgehead atoms. The number of aryl methyl sites for hydroxylation is 5. The summed E-state index contributed by atoms with van der Waals surface area (Å²) in [6, 6.07) is 80.3. The zero-order valence-electron chi connectivity index (χ0n) is 85.6. The number of piperazine rings is 3. The molecule has 0 amide bonds. The summed E-state index contributed by atoms with van der Waals surface area (Å²) in [7, 11) is 41.5. The normalized spacial score (nSPS) is 15.7. The van der Waals surface area contributed by atoms with Crippen LogP contribution in [0.2, 0.25) is 0 Å². The number of hydrogen-bond acceptors (Lipinski definition) is 20. The molecule has 9 aromatic carbocycles. The highest BCUT2D eigenvalue weighted by Gasteiger charge is 2.28. The second-order valence-corrected chi connectivity index (χ2v) is 37.0. The third kappa shape index (κ3) is 48.0. The van der Waals surface area contributed by atoms with E-state index in [4.69, 9.17) is 9.47 Å². The molecule has 20 heteroatoms. The van der Waals surface area contributed by atoms with Gasteiger partial charge in [-0.05, 0) is 273 Å². The number of hydrogen-bond donors (Lipinski definition) is 4. The Kier molecular flexibility index (Phi) is 55.8. The van der Waals surface area contributed by atoms with Crippen molar-refractivity contribution in [2.45, 2.75) is 105 Å². The van der Waals surface area contributed by atoms with Crippen molar-refractivity contribution >= 4 is 34.1 Å². The van der Waals surface area contributed by atoms with Crippen molar-refractivity contribution < 1.29 is 9.47 Å². The third-order valence-electron chi connectivity index (χ3n) is 23.5. The Morgan fingerprint density at radius 3 is 0.762 bits per heavy atom. The Labute approximate surface area is 791 Å². The molecule has 130 heavy (non-hydrogen) atoms. The van der Waals surface area contributed by atoms with Crippen molar-refractivity contribution in [3.8, 4) is 11.5 Å². The van der Waals surface area contributed by atoms with Gasteiger partial charge in [-0.25, -0.2) is 0 Å². The van der Waals surface area contributed by atoms with E-state index < -0.39 is 0 Å². The van der Waals surface area contributed by atoms with Gasteiger partial charge < -0.3 is 89.5 Å². The van der Waals surface area contributed by atoms with Crippen LogP contribution in [-0.2, 0) is 26.2 Å². The molecule has 20 nitrogen and oxygen atoms in total. The summed E-state index contributed by atoms with van der Waals surface area (Å²) in [6.07, 6.45) is 6.89. The SMILES string of the molecule is C1CN2CCN1CC2.CN(C)C1CCCCC1N(C)C.CN(C)CCNCc1ccccc1.CN(C)c1ccccc1N(C)C.CN1CCCN(C)CC1.COc1ccc(N(CCN(c2ccc(C)cc2)c2ccc(C)cc2)c2ccc(OC)cc2)cc1.Cc1ccc(CNCCN(C)C)cc1.Cc1ccc(CNCCN(C)C)cc1.Cc1ccc(CNCCN(C)C)cc1. The van der Waals surface area contributed by atoms with Gasteiger partial charge >= 0.3 is 0 Å². The fourth-order valence-corrected chi connectivity index (χ4v) is 15.1. The number of benzene rings is 9. The number of fused-ring (bicyclic) bond motifs is 3. The first-order chi connectivity index (χ1) is 62.4. The molecule has 4 heterocycles. The number of nitrogens with zero attached hydrogens (tertiary/aromatic N) is 14. The first-order valence-electron chi connectivity index (χ1n) is 47.6. The number of nitrogens with one attached hydrogen (secondary N) is 4. The lowest BCUT2D eigenvalue weighted by molar-refractivity contribution is 0.0647. The summed E-state index contributed by atoms with van der Waals surface area (Å²) in [5.74, 6) is 1.69.